The summed E-state index contributed by atoms with van der Waals surface area (Å²) in [4.78, 5) is 12.0. The molecule has 0 bridgehead atoms. The number of furan rings is 1. The summed E-state index contributed by atoms with van der Waals surface area (Å²) in [6.45, 7) is 6.10. The summed E-state index contributed by atoms with van der Waals surface area (Å²) in [6.07, 6.45) is 0. The van der Waals surface area contributed by atoms with E-state index in [1.165, 1.54) is 5.56 Å². The van der Waals surface area contributed by atoms with Gasteiger partial charge in [0.1, 0.15) is 5.76 Å². The van der Waals surface area contributed by atoms with Crippen molar-refractivity contribution in [3.63, 3.8) is 0 Å². The second-order valence-electron chi connectivity index (χ2n) is 4.52. The smallest absolute Gasteiger partial charge is 0.228 e. The molecule has 0 aliphatic heterocycles. The fourth-order valence-electron chi connectivity index (χ4n) is 1.72. The van der Waals surface area contributed by atoms with Crippen molar-refractivity contribution in [2.45, 2.75) is 26.7 Å². The summed E-state index contributed by atoms with van der Waals surface area (Å²) in [5.41, 5.74) is 1.90. The lowest BCUT2D eigenvalue weighted by Crippen LogP contribution is -2.00. The quantitative estimate of drug-likeness (QED) is 0.745. The van der Waals surface area contributed by atoms with Gasteiger partial charge in [0.25, 0.3) is 0 Å². The summed E-state index contributed by atoms with van der Waals surface area (Å²) in [7, 11) is 0. The summed E-state index contributed by atoms with van der Waals surface area (Å²) in [5.74, 6) is 1.57. The zero-order chi connectivity index (χ0) is 12.4. The van der Waals surface area contributed by atoms with Crippen LogP contribution in [0.1, 0.15) is 47.2 Å². The molecule has 0 amide bonds. The Morgan fingerprint density at radius 1 is 1.06 bits per heavy atom. The van der Waals surface area contributed by atoms with E-state index < -0.39 is 0 Å². The first-order chi connectivity index (χ1) is 8.08. The Morgan fingerprint density at radius 3 is 2.18 bits per heavy atom. The molecule has 88 valence electrons. The van der Waals surface area contributed by atoms with Crippen LogP contribution in [-0.4, -0.2) is 5.78 Å². The highest BCUT2D eigenvalue weighted by atomic mass is 16.3. The zero-order valence-corrected chi connectivity index (χ0v) is 10.4. The Hall–Kier alpha value is -1.83. The minimum absolute atomic E-state index is 0.0617. The molecule has 0 fully saturated rings. The minimum Gasteiger partial charge on any atom is -0.458 e. The van der Waals surface area contributed by atoms with Gasteiger partial charge in [0.05, 0.1) is 0 Å². The maximum Gasteiger partial charge on any atom is 0.228 e. The fraction of sp³-hybridized carbons (Fsp3) is 0.267. The summed E-state index contributed by atoms with van der Waals surface area (Å²) < 4.78 is 5.33. The normalized spacial score (nSPS) is 10.8. The summed E-state index contributed by atoms with van der Waals surface area (Å²) in [6, 6.07) is 11.2. The van der Waals surface area contributed by atoms with Crippen LogP contribution in [0.5, 0.6) is 0 Å². The summed E-state index contributed by atoms with van der Waals surface area (Å²) in [5, 5.41) is 0. The van der Waals surface area contributed by atoms with Gasteiger partial charge < -0.3 is 4.42 Å². The molecule has 0 spiro atoms. The highest BCUT2D eigenvalue weighted by molar-refractivity contribution is 6.07. The van der Waals surface area contributed by atoms with Gasteiger partial charge in [-0.25, -0.2) is 0 Å². The molecule has 0 saturated carbocycles. The second kappa shape index (κ2) is 4.58. The first-order valence-corrected chi connectivity index (χ1v) is 5.79. The van der Waals surface area contributed by atoms with Crippen molar-refractivity contribution in [2.24, 2.45) is 0 Å². The monoisotopic (exact) mass is 228 g/mol. The van der Waals surface area contributed by atoms with E-state index in [1.807, 2.05) is 31.2 Å². The standard InChI is InChI=1S/C15H16O2/c1-10(2)12-5-7-13(8-6-12)15(16)14-9-4-11(3)17-14/h4-10H,1-3H3. The third kappa shape index (κ3) is 2.47. The molecule has 0 radical (unpaired) electrons. The molecule has 0 N–H and O–H groups in total. The van der Waals surface area contributed by atoms with E-state index in [0.29, 0.717) is 17.2 Å². The van der Waals surface area contributed by atoms with Gasteiger partial charge in [0, 0.05) is 5.56 Å². The molecule has 17 heavy (non-hydrogen) atoms. The van der Waals surface area contributed by atoms with Crippen LogP contribution < -0.4 is 0 Å². The largest absolute Gasteiger partial charge is 0.458 e. The lowest BCUT2D eigenvalue weighted by Gasteiger charge is -2.05. The van der Waals surface area contributed by atoms with Crippen LogP contribution in [0.25, 0.3) is 0 Å². The van der Waals surface area contributed by atoms with Crippen LogP contribution in [0.4, 0.5) is 0 Å². The Kier molecular flexibility index (Phi) is 3.14. The molecule has 0 aliphatic carbocycles. The van der Waals surface area contributed by atoms with Crippen LogP contribution >= 0.6 is 0 Å². The molecule has 0 atom stereocenters. The van der Waals surface area contributed by atoms with Gasteiger partial charge in [0.2, 0.25) is 5.78 Å². The second-order valence-corrected chi connectivity index (χ2v) is 4.52. The van der Waals surface area contributed by atoms with E-state index in [9.17, 15) is 4.79 Å². The molecule has 2 heteroatoms. The summed E-state index contributed by atoms with van der Waals surface area (Å²) >= 11 is 0. The van der Waals surface area contributed by atoms with E-state index >= 15 is 0 Å². The minimum atomic E-state index is -0.0617. The topological polar surface area (TPSA) is 30.2 Å². The maximum atomic E-state index is 12.0. The van der Waals surface area contributed by atoms with E-state index in [1.54, 1.807) is 12.1 Å². The molecule has 2 nitrogen and oxygen atoms in total. The predicted octanol–water partition coefficient (Wildman–Crippen LogP) is 3.94. The molecule has 0 saturated heterocycles. The van der Waals surface area contributed by atoms with E-state index in [0.717, 1.165) is 5.76 Å². The molecule has 2 aromatic rings. The lowest BCUT2D eigenvalue weighted by molar-refractivity contribution is 0.101. The molecule has 2 rings (SSSR count). The van der Waals surface area contributed by atoms with Gasteiger partial charge in [-0.05, 0) is 30.5 Å². The number of ketones is 1. The van der Waals surface area contributed by atoms with Crippen molar-refractivity contribution in [3.05, 3.63) is 59.0 Å². The van der Waals surface area contributed by atoms with Gasteiger partial charge in [-0.3, -0.25) is 4.79 Å². The number of hydrogen-bond donors (Lipinski definition) is 0. The third-order valence-electron chi connectivity index (χ3n) is 2.80. The van der Waals surface area contributed by atoms with Gasteiger partial charge in [-0.1, -0.05) is 38.1 Å². The molecule has 1 heterocycles. The number of carbonyl (C=O) groups is 1. The van der Waals surface area contributed by atoms with Gasteiger partial charge in [0.15, 0.2) is 5.76 Å². The van der Waals surface area contributed by atoms with Gasteiger partial charge >= 0.3 is 0 Å². The van der Waals surface area contributed by atoms with Gasteiger partial charge in [-0.15, -0.1) is 0 Å². The van der Waals surface area contributed by atoms with Crippen molar-refractivity contribution in [2.75, 3.05) is 0 Å². The molecular weight excluding hydrogens is 212 g/mol. The van der Waals surface area contributed by atoms with Crippen molar-refractivity contribution in [1.82, 2.24) is 0 Å². The van der Waals surface area contributed by atoms with Crippen LogP contribution in [0, 0.1) is 6.92 Å². The van der Waals surface area contributed by atoms with Crippen molar-refractivity contribution >= 4 is 5.78 Å². The zero-order valence-electron chi connectivity index (χ0n) is 10.4. The molecule has 0 aliphatic rings. The first-order valence-electron chi connectivity index (χ1n) is 5.79. The van der Waals surface area contributed by atoms with Crippen LogP contribution in [0.3, 0.4) is 0 Å². The van der Waals surface area contributed by atoms with Crippen LogP contribution in [0.2, 0.25) is 0 Å². The number of benzene rings is 1. The predicted molar refractivity (Wildman–Crippen MR) is 67.4 cm³/mol. The fourth-order valence-corrected chi connectivity index (χ4v) is 1.72. The average molecular weight is 228 g/mol. The van der Waals surface area contributed by atoms with Crippen LogP contribution in [-0.2, 0) is 0 Å². The number of rotatable bonds is 3. The maximum absolute atomic E-state index is 12.0. The van der Waals surface area contributed by atoms with Crippen molar-refractivity contribution < 1.29 is 9.21 Å². The van der Waals surface area contributed by atoms with Gasteiger partial charge in [-0.2, -0.15) is 0 Å². The Bertz CT molecular complexity index is 518. The molecule has 0 unspecified atom stereocenters. The highest BCUT2D eigenvalue weighted by Gasteiger charge is 2.12. The van der Waals surface area contributed by atoms with Crippen LogP contribution in [0.15, 0.2) is 40.8 Å². The number of hydrogen-bond acceptors (Lipinski definition) is 2. The Labute approximate surface area is 101 Å². The van der Waals surface area contributed by atoms with E-state index in [2.05, 4.69) is 13.8 Å². The average Bonchev–Trinajstić information content (AvgIpc) is 2.75. The van der Waals surface area contributed by atoms with Crippen molar-refractivity contribution in [3.8, 4) is 0 Å². The van der Waals surface area contributed by atoms with E-state index in [-0.39, 0.29) is 5.78 Å². The molecule has 1 aromatic carbocycles. The highest BCUT2D eigenvalue weighted by Crippen LogP contribution is 2.17. The van der Waals surface area contributed by atoms with E-state index in [4.69, 9.17) is 4.42 Å². The SMILES string of the molecule is Cc1ccc(C(=O)c2ccc(C(C)C)cc2)o1. The van der Waals surface area contributed by atoms with Crippen molar-refractivity contribution in [1.29, 1.82) is 0 Å². The Balaban J connectivity index is 2.26. The lowest BCUT2D eigenvalue weighted by atomic mass is 10.00. The number of aryl methyl sites for hydroxylation is 1. The Morgan fingerprint density at radius 2 is 1.71 bits per heavy atom. The first kappa shape index (κ1) is 11.6. The number of carbonyl (C=O) groups excluding carboxylic acids is 1. The third-order valence-corrected chi connectivity index (χ3v) is 2.80. The molecular formula is C15H16O2. The molecule has 1 aromatic heterocycles.